The maximum atomic E-state index is 12.6. The van der Waals surface area contributed by atoms with Crippen molar-refractivity contribution in [3.8, 4) is 0 Å². The molecule has 156 valence electrons. The number of aromatic nitrogens is 2. The number of para-hydroxylation sites is 2. The molecule has 3 N–H and O–H groups in total. The fraction of sp³-hybridized carbons (Fsp3) is 0.300. The van der Waals surface area contributed by atoms with Crippen LogP contribution in [-0.4, -0.2) is 29.5 Å². The van der Waals surface area contributed by atoms with Gasteiger partial charge in [0.2, 0.25) is 0 Å². The second-order valence-corrected chi connectivity index (χ2v) is 6.35. The van der Waals surface area contributed by atoms with E-state index in [-0.39, 0.29) is 24.0 Å². The van der Waals surface area contributed by atoms with E-state index in [9.17, 15) is 13.2 Å². The van der Waals surface area contributed by atoms with Gasteiger partial charge in [-0.05, 0) is 36.2 Å². The van der Waals surface area contributed by atoms with Gasteiger partial charge in [-0.2, -0.15) is 13.2 Å². The Morgan fingerprint density at radius 3 is 2.45 bits per heavy atom. The molecule has 1 heterocycles. The molecule has 0 saturated carbocycles. The summed E-state index contributed by atoms with van der Waals surface area (Å²) in [4.78, 5) is 12.0. The van der Waals surface area contributed by atoms with Crippen molar-refractivity contribution in [3.63, 3.8) is 0 Å². The third kappa shape index (κ3) is 6.62. The zero-order valence-corrected chi connectivity index (χ0v) is 18.2. The van der Waals surface area contributed by atoms with Gasteiger partial charge in [-0.3, -0.25) is 4.99 Å². The summed E-state index contributed by atoms with van der Waals surface area (Å²) in [5, 5.41) is 6.29. The Morgan fingerprint density at radius 1 is 1.07 bits per heavy atom. The molecular weight excluding hydrogens is 494 g/mol. The predicted octanol–water partition coefficient (Wildman–Crippen LogP) is 4.50. The van der Waals surface area contributed by atoms with Gasteiger partial charge in [0, 0.05) is 26.6 Å². The van der Waals surface area contributed by atoms with Crippen LogP contribution in [-0.2, 0) is 19.1 Å². The molecule has 0 amide bonds. The van der Waals surface area contributed by atoms with E-state index < -0.39 is 11.7 Å². The Bertz CT molecular complexity index is 902. The highest BCUT2D eigenvalue weighted by molar-refractivity contribution is 14.0. The summed E-state index contributed by atoms with van der Waals surface area (Å²) in [5.74, 6) is 1.54. The van der Waals surface area contributed by atoms with E-state index in [0.29, 0.717) is 19.0 Å². The number of benzene rings is 2. The van der Waals surface area contributed by atoms with E-state index in [1.165, 1.54) is 12.1 Å². The fourth-order valence-electron chi connectivity index (χ4n) is 2.80. The van der Waals surface area contributed by atoms with E-state index in [1.807, 2.05) is 24.3 Å². The minimum atomic E-state index is -4.32. The smallest absolute Gasteiger partial charge is 0.356 e. The van der Waals surface area contributed by atoms with E-state index >= 15 is 0 Å². The quantitative estimate of drug-likeness (QED) is 0.195. The molecule has 3 rings (SSSR count). The van der Waals surface area contributed by atoms with Crippen LogP contribution < -0.4 is 10.6 Å². The lowest BCUT2D eigenvalue weighted by Gasteiger charge is -2.12. The van der Waals surface area contributed by atoms with Crippen molar-refractivity contribution < 1.29 is 13.2 Å². The third-order valence-electron chi connectivity index (χ3n) is 4.29. The first-order valence-corrected chi connectivity index (χ1v) is 9.00. The van der Waals surface area contributed by atoms with Crippen LogP contribution in [0.15, 0.2) is 53.5 Å². The maximum Gasteiger partial charge on any atom is 0.416 e. The van der Waals surface area contributed by atoms with Gasteiger partial charge in [-0.15, -0.1) is 24.0 Å². The molecule has 1 aromatic heterocycles. The maximum absolute atomic E-state index is 12.6. The SMILES string of the molecule is CN=C(NCCCc1nc2ccccc2[nH]1)NCc1ccc(C(F)(F)F)cc1.I. The standard InChI is InChI=1S/C20H22F3N5.HI/c1-24-19(26-13-14-8-10-15(11-9-14)20(21,22)23)25-12-4-7-18-27-16-5-2-3-6-17(16)28-18;/h2-3,5-6,8-11H,4,7,12-13H2,1H3,(H,27,28)(H2,24,25,26);1H. The van der Waals surface area contributed by atoms with Crippen LogP contribution in [0.5, 0.6) is 0 Å². The van der Waals surface area contributed by atoms with E-state index in [4.69, 9.17) is 0 Å². The monoisotopic (exact) mass is 517 g/mol. The summed E-state index contributed by atoms with van der Waals surface area (Å²) in [6.07, 6.45) is -2.65. The molecule has 9 heteroatoms. The molecule has 0 aliphatic carbocycles. The molecule has 3 aromatic rings. The first-order chi connectivity index (χ1) is 13.5. The average Bonchev–Trinajstić information content (AvgIpc) is 3.10. The predicted molar refractivity (Wildman–Crippen MR) is 119 cm³/mol. The zero-order chi connectivity index (χ0) is 20.0. The van der Waals surface area contributed by atoms with Crippen LogP contribution in [0.4, 0.5) is 13.2 Å². The summed E-state index contributed by atoms with van der Waals surface area (Å²) in [7, 11) is 1.65. The lowest BCUT2D eigenvalue weighted by atomic mass is 10.1. The van der Waals surface area contributed by atoms with Gasteiger partial charge < -0.3 is 15.6 Å². The summed E-state index contributed by atoms with van der Waals surface area (Å²) in [5.41, 5.74) is 2.08. The lowest BCUT2D eigenvalue weighted by Crippen LogP contribution is -2.37. The van der Waals surface area contributed by atoms with Crippen molar-refractivity contribution in [2.24, 2.45) is 4.99 Å². The first kappa shape index (κ1) is 23.0. The van der Waals surface area contributed by atoms with Gasteiger partial charge in [0.1, 0.15) is 5.82 Å². The van der Waals surface area contributed by atoms with Crippen molar-refractivity contribution in [3.05, 3.63) is 65.5 Å². The number of aryl methyl sites for hydroxylation is 1. The second-order valence-electron chi connectivity index (χ2n) is 6.35. The van der Waals surface area contributed by atoms with E-state index in [2.05, 4.69) is 25.6 Å². The van der Waals surface area contributed by atoms with Crippen LogP contribution in [0, 0.1) is 0 Å². The number of nitrogens with zero attached hydrogens (tertiary/aromatic N) is 2. The number of rotatable bonds is 6. The highest BCUT2D eigenvalue weighted by Crippen LogP contribution is 2.29. The second kappa shape index (κ2) is 10.5. The summed E-state index contributed by atoms with van der Waals surface area (Å²) in [6, 6.07) is 13.0. The van der Waals surface area contributed by atoms with E-state index in [1.54, 1.807) is 7.05 Å². The lowest BCUT2D eigenvalue weighted by molar-refractivity contribution is -0.137. The average molecular weight is 517 g/mol. The summed E-state index contributed by atoms with van der Waals surface area (Å²) in [6.45, 7) is 1.09. The summed E-state index contributed by atoms with van der Waals surface area (Å²) < 4.78 is 37.8. The molecule has 29 heavy (non-hydrogen) atoms. The minimum absolute atomic E-state index is 0. The minimum Gasteiger partial charge on any atom is -0.356 e. The number of aliphatic imine (C=N–C) groups is 1. The topological polar surface area (TPSA) is 65.1 Å². The largest absolute Gasteiger partial charge is 0.416 e. The van der Waals surface area contributed by atoms with Gasteiger partial charge >= 0.3 is 6.18 Å². The number of nitrogens with one attached hydrogen (secondary N) is 3. The Labute approximate surface area is 184 Å². The van der Waals surface area contributed by atoms with Gasteiger partial charge in [0.05, 0.1) is 16.6 Å². The molecule has 2 aromatic carbocycles. The number of imidazole rings is 1. The molecule has 0 bridgehead atoms. The molecule has 0 fully saturated rings. The molecule has 0 aliphatic rings. The number of fused-ring (bicyclic) bond motifs is 1. The summed E-state index contributed by atoms with van der Waals surface area (Å²) >= 11 is 0. The molecule has 0 unspecified atom stereocenters. The molecule has 5 nitrogen and oxygen atoms in total. The van der Waals surface area contributed by atoms with Crippen LogP contribution in [0.2, 0.25) is 0 Å². The molecular formula is C20H23F3IN5. The van der Waals surface area contributed by atoms with Crippen molar-refractivity contribution in [1.29, 1.82) is 0 Å². The number of guanidine groups is 1. The Balaban J connectivity index is 0.00000300. The number of hydrogen-bond acceptors (Lipinski definition) is 2. The first-order valence-electron chi connectivity index (χ1n) is 9.00. The molecule has 0 spiro atoms. The van der Waals surface area contributed by atoms with Gasteiger partial charge in [0.25, 0.3) is 0 Å². The number of alkyl halides is 3. The Kier molecular flexibility index (Phi) is 8.30. The Hall–Kier alpha value is -2.30. The van der Waals surface area contributed by atoms with Crippen LogP contribution in [0.3, 0.4) is 0 Å². The molecule has 0 atom stereocenters. The van der Waals surface area contributed by atoms with Crippen molar-refractivity contribution in [1.82, 2.24) is 20.6 Å². The van der Waals surface area contributed by atoms with Crippen molar-refractivity contribution in [2.45, 2.75) is 25.6 Å². The van der Waals surface area contributed by atoms with Gasteiger partial charge in [-0.1, -0.05) is 24.3 Å². The van der Waals surface area contributed by atoms with E-state index in [0.717, 1.165) is 47.4 Å². The number of H-pyrrole nitrogens is 1. The molecule has 0 aliphatic heterocycles. The van der Waals surface area contributed by atoms with Crippen molar-refractivity contribution in [2.75, 3.05) is 13.6 Å². The normalized spacial score (nSPS) is 11.9. The number of hydrogen-bond donors (Lipinski definition) is 3. The number of halogens is 4. The highest BCUT2D eigenvalue weighted by Gasteiger charge is 2.29. The fourth-order valence-corrected chi connectivity index (χ4v) is 2.80. The van der Waals surface area contributed by atoms with Crippen molar-refractivity contribution >= 4 is 41.0 Å². The van der Waals surface area contributed by atoms with Gasteiger partial charge in [-0.25, -0.2) is 4.98 Å². The van der Waals surface area contributed by atoms with Crippen LogP contribution >= 0.6 is 24.0 Å². The Morgan fingerprint density at radius 2 is 1.79 bits per heavy atom. The highest BCUT2D eigenvalue weighted by atomic mass is 127. The molecule has 0 radical (unpaired) electrons. The van der Waals surface area contributed by atoms with Gasteiger partial charge in [0.15, 0.2) is 5.96 Å². The molecule has 0 saturated heterocycles. The third-order valence-corrected chi connectivity index (χ3v) is 4.29. The number of aromatic amines is 1. The van der Waals surface area contributed by atoms with Crippen LogP contribution in [0.25, 0.3) is 11.0 Å². The zero-order valence-electron chi connectivity index (χ0n) is 15.9. The van der Waals surface area contributed by atoms with Crippen LogP contribution in [0.1, 0.15) is 23.4 Å².